The lowest BCUT2D eigenvalue weighted by atomic mass is 9.92. The van der Waals surface area contributed by atoms with Crippen molar-refractivity contribution >= 4 is 12.0 Å². The Morgan fingerprint density at radius 3 is 2.67 bits per heavy atom. The molecule has 2 saturated heterocycles. The molecule has 1 aromatic heterocycles. The van der Waals surface area contributed by atoms with Crippen molar-refractivity contribution in [2.24, 2.45) is 0 Å². The highest BCUT2D eigenvalue weighted by atomic mass is 16.6. The molecule has 0 atom stereocenters. The molecule has 0 unspecified atom stereocenters. The third-order valence-electron chi connectivity index (χ3n) is 4.63. The van der Waals surface area contributed by atoms with Gasteiger partial charge in [-0.3, -0.25) is 4.79 Å². The first-order valence-corrected chi connectivity index (χ1v) is 7.80. The van der Waals surface area contributed by atoms with Crippen molar-refractivity contribution < 1.29 is 14.3 Å². The minimum atomic E-state index is -0.522. The average Bonchev–Trinajstić information content (AvgIpc) is 3.14. The predicted octanol–water partition coefficient (Wildman–Crippen LogP) is 1.46. The van der Waals surface area contributed by atoms with Crippen LogP contribution in [0.5, 0.6) is 0 Å². The third-order valence-corrected chi connectivity index (χ3v) is 4.63. The van der Waals surface area contributed by atoms with Crippen molar-refractivity contribution in [2.45, 2.75) is 12.5 Å². The Bertz CT molecular complexity index is 809. The maximum absolute atomic E-state index is 12.7. The van der Waals surface area contributed by atoms with Gasteiger partial charge < -0.3 is 19.1 Å². The highest BCUT2D eigenvalue weighted by molar-refractivity contribution is 5.96. The summed E-state index contributed by atoms with van der Waals surface area (Å²) in [6, 6.07) is 5.71. The van der Waals surface area contributed by atoms with Gasteiger partial charge in [0.15, 0.2) is 5.60 Å². The van der Waals surface area contributed by atoms with Crippen LogP contribution in [-0.2, 0) is 4.74 Å². The molecule has 24 heavy (non-hydrogen) atoms. The number of likely N-dealkylation sites (N-methyl/N-ethyl adjacent to an activating group) is 1. The largest absolute Gasteiger partial charge is 0.437 e. The topological polar surface area (TPSA) is 67.7 Å². The van der Waals surface area contributed by atoms with Gasteiger partial charge in [-0.15, -0.1) is 0 Å². The van der Waals surface area contributed by atoms with Crippen molar-refractivity contribution in [3.63, 3.8) is 0 Å². The Morgan fingerprint density at radius 1 is 1.29 bits per heavy atom. The molecule has 0 saturated carbocycles. The minimum Gasteiger partial charge on any atom is -0.437 e. The molecular formula is C17H18N4O3. The minimum absolute atomic E-state index is 0.0269. The molecule has 0 bridgehead atoms. The molecule has 2 fully saturated rings. The van der Waals surface area contributed by atoms with E-state index in [9.17, 15) is 9.59 Å². The fourth-order valence-corrected chi connectivity index (χ4v) is 3.38. The summed E-state index contributed by atoms with van der Waals surface area (Å²) in [7, 11) is 1.71. The second kappa shape index (κ2) is 5.09. The second-order valence-electron chi connectivity index (χ2n) is 6.54. The zero-order chi connectivity index (χ0) is 16.9. The van der Waals surface area contributed by atoms with Crippen LogP contribution in [0.15, 0.2) is 36.9 Å². The zero-order valence-electron chi connectivity index (χ0n) is 13.6. The molecule has 3 heterocycles. The Labute approximate surface area is 139 Å². The van der Waals surface area contributed by atoms with E-state index in [4.69, 9.17) is 4.74 Å². The van der Waals surface area contributed by atoms with Gasteiger partial charge in [-0.1, -0.05) is 0 Å². The van der Waals surface area contributed by atoms with E-state index in [1.54, 1.807) is 29.4 Å². The molecule has 0 N–H and O–H groups in total. The fourth-order valence-electron chi connectivity index (χ4n) is 3.38. The monoisotopic (exact) mass is 326 g/mol. The van der Waals surface area contributed by atoms with Crippen molar-refractivity contribution in [1.29, 1.82) is 0 Å². The van der Waals surface area contributed by atoms with Gasteiger partial charge in [-0.05, 0) is 30.7 Å². The van der Waals surface area contributed by atoms with Crippen molar-refractivity contribution in [1.82, 2.24) is 19.4 Å². The van der Waals surface area contributed by atoms with Gasteiger partial charge >= 0.3 is 6.09 Å². The molecule has 4 rings (SSSR count). The first-order chi connectivity index (χ1) is 11.5. The van der Waals surface area contributed by atoms with E-state index in [0.717, 1.165) is 11.3 Å². The summed E-state index contributed by atoms with van der Waals surface area (Å²) in [5, 5.41) is 0. The number of rotatable bonds is 2. The van der Waals surface area contributed by atoms with Crippen LogP contribution >= 0.6 is 0 Å². The number of ether oxygens (including phenoxy) is 1. The van der Waals surface area contributed by atoms with Crippen LogP contribution in [-0.4, -0.2) is 63.6 Å². The lowest BCUT2D eigenvalue weighted by Crippen LogP contribution is -2.65. The number of nitrogens with zero attached hydrogens (tertiary/aromatic N) is 4. The normalized spacial score (nSPS) is 18.7. The molecule has 2 aliphatic heterocycles. The third kappa shape index (κ3) is 2.24. The first kappa shape index (κ1) is 14.7. The van der Waals surface area contributed by atoms with Crippen LogP contribution < -0.4 is 0 Å². The van der Waals surface area contributed by atoms with E-state index in [0.29, 0.717) is 25.2 Å². The molecule has 2 amide bonds. The molecule has 1 aromatic carbocycles. The van der Waals surface area contributed by atoms with Crippen LogP contribution in [0.3, 0.4) is 0 Å². The number of likely N-dealkylation sites (tertiary alicyclic amines) is 1. The number of imidazole rings is 1. The van der Waals surface area contributed by atoms with Crippen LogP contribution in [0.25, 0.3) is 5.69 Å². The summed E-state index contributed by atoms with van der Waals surface area (Å²) in [5.74, 6) is -0.0269. The Hall–Kier alpha value is -2.83. The Balaban J connectivity index is 1.49. The van der Waals surface area contributed by atoms with Crippen molar-refractivity contribution in [3.8, 4) is 5.69 Å². The summed E-state index contributed by atoms with van der Waals surface area (Å²) in [6.45, 7) is 3.36. The number of amides is 2. The second-order valence-corrected chi connectivity index (χ2v) is 6.54. The van der Waals surface area contributed by atoms with Gasteiger partial charge in [0.05, 0.1) is 26.0 Å². The molecular weight excluding hydrogens is 308 g/mol. The lowest BCUT2D eigenvalue weighted by molar-refractivity contribution is -0.0581. The summed E-state index contributed by atoms with van der Waals surface area (Å²) < 4.78 is 7.29. The maximum Gasteiger partial charge on any atom is 0.410 e. The number of benzene rings is 1. The molecule has 7 nitrogen and oxygen atoms in total. The quantitative estimate of drug-likeness (QED) is 0.838. The van der Waals surface area contributed by atoms with Gasteiger partial charge in [0.1, 0.15) is 0 Å². The van der Waals surface area contributed by atoms with Crippen molar-refractivity contribution in [2.75, 3.05) is 26.7 Å². The smallest absolute Gasteiger partial charge is 0.410 e. The highest BCUT2D eigenvalue weighted by Gasteiger charge is 2.54. The van der Waals surface area contributed by atoms with Crippen molar-refractivity contribution in [3.05, 3.63) is 48.0 Å². The van der Waals surface area contributed by atoms with E-state index >= 15 is 0 Å². The SMILES string of the molecule is Cc1cc(-n2ccnc2)ccc1C(=O)N1CC2(CN(C)C(=O)O2)C1. The number of hydrogen-bond donors (Lipinski definition) is 0. The van der Waals surface area contributed by atoms with E-state index < -0.39 is 5.60 Å². The lowest BCUT2D eigenvalue weighted by Gasteiger charge is -2.45. The Morgan fingerprint density at radius 2 is 2.08 bits per heavy atom. The van der Waals surface area contributed by atoms with Gasteiger partial charge in [-0.2, -0.15) is 0 Å². The summed E-state index contributed by atoms with van der Waals surface area (Å²) in [5.41, 5.74) is 2.03. The molecule has 0 radical (unpaired) electrons. The predicted molar refractivity (Wildman–Crippen MR) is 86.0 cm³/mol. The molecule has 7 heteroatoms. The van der Waals surface area contributed by atoms with Gasteiger partial charge in [-0.25, -0.2) is 9.78 Å². The van der Waals surface area contributed by atoms with E-state index in [1.807, 2.05) is 35.9 Å². The van der Waals surface area contributed by atoms with Gasteiger partial charge in [0.25, 0.3) is 5.91 Å². The molecule has 0 aliphatic carbocycles. The van der Waals surface area contributed by atoms with Gasteiger partial charge in [0.2, 0.25) is 0 Å². The number of aryl methyl sites for hydroxylation is 1. The van der Waals surface area contributed by atoms with Gasteiger partial charge in [0, 0.05) is 30.7 Å². The molecule has 1 spiro atoms. The van der Waals surface area contributed by atoms with E-state index in [1.165, 1.54) is 0 Å². The van der Waals surface area contributed by atoms with E-state index in [2.05, 4.69) is 4.98 Å². The van der Waals surface area contributed by atoms with Crippen LogP contribution in [0.4, 0.5) is 4.79 Å². The Kier molecular flexibility index (Phi) is 3.13. The first-order valence-electron chi connectivity index (χ1n) is 7.80. The van der Waals surface area contributed by atoms with Crippen LogP contribution in [0.2, 0.25) is 0 Å². The standard InChI is InChI=1S/C17H18N4O3/c1-12-7-13(20-6-5-18-11-20)3-4-14(12)15(22)21-9-17(10-21)8-19(2)16(23)24-17/h3-7,11H,8-10H2,1-2H3. The summed E-state index contributed by atoms with van der Waals surface area (Å²) in [6.07, 6.45) is 4.98. The number of carbonyl (C=O) groups excluding carboxylic acids is 2. The molecule has 124 valence electrons. The van der Waals surface area contributed by atoms with Crippen LogP contribution in [0.1, 0.15) is 15.9 Å². The number of carbonyl (C=O) groups is 2. The average molecular weight is 326 g/mol. The maximum atomic E-state index is 12.7. The van der Waals surface area contributed by atoms with Crippen LogP contribution in [0, 0.1) is 6.92 Å². The molecule has 2 aliphatic rings. The summed E-state index contributed by atoms with van der Waals surface area (Å²) >= 11 is 0. The fraction of sp³-hybridized carbons (Fsp3) is 0.353. The van der Waals surface area contributed by atoms with E-state index in [-0.39, 0.29) is 12.0 Å². The zero-order valence-corrected chi connectivity index (χ0v) is 13.6. The summed E-state index contributed by atoms with van der Waals surface area (Å²) in [4.78, 5) is 31.5. The number of aromatic nitrogens is 2. The highest BCUT2D eigenvalue weighted by Crippen LogP contribution is 2.33. The number of hydrogen-bond acceptors (Lipinski definition) is 4. The molecule has 2 aromatic rings.